The Labute approximate surface area is 155 Å². The lowest BCUT2D eigenvalue weighted by atomic mass is 9.88. The predicted molar refractivity (Wildman–Crippen MR) is 96.5 cm³/mol. The van der Waals surface area contributed by atoms with Crippen LogP contribution in [0.1, 0.15) is 47.0 Å². The first-order chi connectivity index (χ1) is 11.3. The van der Waals surface area contributed by atoms with Gasteiger partial charge in [0.05, 0.1) is 5.22 Å². The molecule has 2 atom stereocenters. The molecule has 10 heteroatoms. The average molecular weight is 427 g/mol. The van der Waals surface area contributed by atoms with E-state index in [9.17, 15) is 18.0 Å². The summed E-state index contributed by atoms with van der Waals surface area (Å²) in [5.74, 6) is -9.97. The van der Waals surface area contributed by atoms with Gasteiger partial charge < -0.3 is 9.53 Å². The monoisotopic (exact) mass is 426 g/mol. The summed E-state index contributed by atoms with van der Waals surface area (Å²) in [6.07, 6.45) is -6.78. The van der Waals surface area contributed by atoms with Crippen molar-refractivity contribution < 1.29 is 35.9 Å². The van der Waals surface area contributed by atoms with Crippen molar-refractivity contribution in [2.75, 3.05) is 0 Å². The minimum Gasteiger partial charge on any atom is -0.429 e. The van der Waals surface area contributed by atoms with Gasteiger partial charge in [-0.15, -0.1) is 0 Å². The summed E-state index contributed by atoms with van der Waals surface area (Å²) in [7, 11) is -6.03. The van der Waals surface area contributed by atoms with Crippen LogP contribution in [0.2, 0.25) is 31.2 Å². The Balaban J connectivity index is 6.68. The maximum Gasteiger partial charge on any atom is 0.454 e. The highest BCUT2D eigenvalue weighted by Gasteiger charge is 2.80. The largest absolute Gasteiger partial charge is 0.454 e. The molecule has 1 unspecified atom stereocenters. The van der Waals surface area contributed by atoms with Crippen LogP contribution in [0.25, 0.3) is 0 Å². The van der Waals surface area contributed by atoms with Crippen molar-refractivity contribution >= 4 is 17.1 Å². The van der Waals surface area contributed by atoms with E-state index in [1.54, 1.807) is 0 Å². The fourth-order valence-corrected chi connectivity index (χ4v) is 7.23. The SMILES string of the molecule is CCC(CC)([SiH](C)C)C(F)(F)C(F)(O[C@](C)(CC)[Si](C)(C)O)C(F)(F)F. The summed E-state index contributed by atoms with van der Waals surface area (Å²) < 4.78 is 91.7. The molecule has 0 aliphatic carbocycles. The van der Waals surface area contributed by atoms with E-state index in [0.29, 0.717) is 0 Å². The number of hydrogen-bond acceptors (Lipinski definition) is 2. The van der Waals surface area contributed by atoms with E-state index >= 15 is 13.2 Å². The maximum absolute atomic E-state index is 15.4. The number of halogens is 6. The van der Waals surface area contributed by atoms with Gasteiger partial charge in [-0.1, -0.05) is 33.9 Å². The van der Waals surface area contributed by atoms with E-state index in [2.05, 4.69) is 4.74 Å². The summed E-state index contributed by atoms with van der Waals surface area (Å²) in [6.45, 7) is 10.6. The predicted octanol–water partition coefficient (Wildman–Crippen LogP) is 5.82. The minimum atomic E-state index is -5.95. The second kappa shape index (κ2) is 7.75. The van der Waals surface area contributed by atoms with Crippen molar-refractivity contribution in [3.8, 4) is 0 Å². The molecule has 0 fully saturated rings. The zero-order chi connectivity index (χ0) is 21.4. The molecule has 0 aliphatic heterocycles. The Morgan fingerprint density at radius 3 is 1.46 bits per heavy atom. The standard InChI is InChI=1S/C16H32F6O2Si2/c1-9-12(4,26(7,8)23)24-15(19,16(20,21)22)14(17,18)13(10-2,11-3)25(5)6/h23,25H,9-11H2,1-8H3/t12-,15?/m0/s1. The lowest BCUT2D eigenvalue weighted by molar-refractivity contribution is -0.423. The Hall–Kier alpha value is -0.0662. The second-order valence-electron chi connectivity index (χ2n) is 7.93. The molecule has 0 rings (SSSR count). The van der Waals surface area contributed by atoms with E-state index in [1.165, 1.54) is 47.0 Å². The molecular formula is C16H32F6O2Si2. The van der Waals surface area contributed by atoms with Gasteiger partial charge in [0.2, 0.25) is 8.32 Å². The molecule has 0 radical (unpaired) electrons. The van der Waals surface area contributed by atoms with Crippen LogP contribution in [-0.4, -0.2) is 45.1 Å². The summed E-state index contributed by atoms with van der Waals surface area (Å²) in [6, 6.07) is 0. The van der Waals surface area contributed by atoms with Crippen molar-refractivity contribution in [2.24, 2.45) is 0 Å². The first-order valence-electron chi connectivity index (χ1n) is 8.89. The second-order valence-corrected chi connectivity index (χ2v) is 15.5. The van der Waals surface area contributed by atoms with Gasteiger partial charge in [-0.25, -0.2) is 0 Å². The normalized spacial score (nSPS) is 19.4. The van der Waals surface area contributed by atoms with Gasteiger partial charge >= 0.3 is 18.0 Å². The van der Waals surface area contributed by atoms with Crippen molar-refractivity contribution in [2.45, 2.75) is 101 Å². The van der Waals surface area contributed by atoms with Gasteiger partial charge in [0.15, 0.2) is 0 Å². The van der Waals surface area contributed by atoms with Crippen LogP contribution in [0, 0.1) is 0 Å². The third-order valence-electron chi connectivity index (χ3n) is 6.10. The van der Waals surface area contributed by atoms with Crippen LogP contribution in [0.15, 0.2) is 0 Å². The quantitative estimate of drug-likeness (QED) is 0.372. The highest BCUT2D eigenvalue weighted by Crippen LogP contribution is 2.62. The Morgan fingerprint density at radius 1 is 0.885 bits per heavy atom. The van der Waals surface area contributed by atoms with E-state index in [-0.39, 0.29) is 19.3 Å². The topological polar surface area (TPSA) is 29.5 Å². The summed E-state index contributed by atoms with van der Waals surface area (Å²) in [4.78, 5) is 10.3. The molecule has 0 aromatic carbocycles. The number of alkyl halides is 6. The number of hydrogen-bond donors (Lipinski definition) is 1. The Bertz CT molecular complexity index is 474. The van der Waals surface area contributed by atoms with Gasteiger partial charge in [0.1, 0.15) is 0 Å². The lowest BCUT2D eigenvalue weighted by Crippen LogP contribution is -2.69. The third-order valence-corrected chi connectivity index (χ3v) is 12.5. The molecule has 0 aromatic rings. The van der Waals surface area contributed by atoms with Crippen molar-refractivity contribution in [1.82, 2.24) is 0 Å². The van der Waals surface area contributed by atoms with Gasteiger partial charge in [0.25, 0.3) is 0 Å². The van der Waals surface area contributed by atoms with E-state index in [0.717, 1.165) is 6.92 Å². The molecule has 0 aromatic heterocycles. The highest BCUT2D eigenvalue weighted by molar-refractivity contribution is 6.72. The van der Waals surface area contributed by atoms with Crippen LogP contribution in [-0.2, 0) is 4.74 Å². The van der Waals surface area contributed by atoms with Crippen molar-refractivity contribution in [3.05, 3.63) is 0 Å². The maximum atomic E-state index is 15.4. The van der Waals surface area contributed by atoms with Gasteiger partial charge in [-0.3, -0.25) is 0 Å². The number of rotatable bonds is 9. The molecule has 0 heterocycles. The van der Waals surface area contributed by atoms with E-state index in [4.69, 9.17) is 0 Å². The molecule has 0 bridgehead atoms. The first-order valence-corrected chi connectivity index (χ1v) is 14.7. The molecule has 26 heavy (non-hydrogen) atoms. The molecule has 0 aliphatic rings. The van der Waals surface area contributed by atoms with Gasteiger partial charge in [-0.05, 0) is 39.3 Å². The summed E-state index contributed by atoms with van der Waals surface area (Å²) in [5, 5.41) is -4.15. The molecule has 0 saturated heterocycles. The first kappa shape index (κ1) is 25.9. The molecule has 1 N–H and O–H groups in total. The molecule has 2 nitrogen and oxygen atoms in total. The molecule has 0 amide bonds. The summed E-state index contributed by atoms with van der Waals surface area (Å²) in [5.41, 5.74) is 0. The third kappa shape index (κ3) is 3.88. The Kier molecular flexibility index (Phi) is 7.73. The fraction of sp³-hybridized carbons (Fsp3) is 1.00. The van der Waals surface area contributed by atoms with Crippen molar-refractivity contribution in [1.29, 1.82) is 0 Å². The molecule has 0 saturated carbocycles. The summed E-state index contributed by atoms with van der Waals surface area (Å²) >= 11 is 0. The van der Waals surface area contributed by atoms with Crippen LogP contribution >= 0.6 is 0 Å². The molecule has 0 spiro atoms. The Morgan fingerprint density at radius 2 is 1.27 bits per heavy atom. The molecular weight excluding hydrogens is 394 g/mol. The van der Waals surface area contributed by atoms with Gasteiger partial charge in [0, 0.05) is 13.8 Å². The average Bonchev–Trinajstić information content (AvgIpc) is 2.45. The zero-order valence-electron chi connectivity index (χ0n) is 16.8. The van der Waals surface area contributed by atoms with Gasteiger partial charge in [-0.2, -0.15) is 26.3 Å². The zero-order valence-corrected chi connectivity index (χ0v) is 19.0. The van der Waals surface area contributed by atoms with Crippen LogP contribution in [0.5, 0.6) is 0 Å². The van der Waals surface area contributed by atoms with E-state index in [1.807, 2.05) is 0 Å². The van der Waals surface area contributed by atoms with Crippen molar-refractivity contribution in [3.63, 3.8) is 0 Å². The minimum absolute atomic E-state index is 0.231. The highest BCUT2D eigenvalue weighted by atomic mass is 28.4. The van der Waals surface area contributed by atoms with Crippen LogP contribution in [0.3, 0.4) is 0 Å². The lowest BCUT2D eigenvalue weighted by Gasteiger charge is -2.51. The smallest absolute Gasteiger partial charge is 0.429 e. The fourth-order valence-electron chi connectivity index (χ4n) is 3.43. The number of ether oxygens (including phenoxy) is 1. The van der Waals surface area contributed by atoms with Crippen LogP contribution in [0.4, 0.5) is 26.3 Å². The molecule has 158 valence electrons. The van der Waals surface area contributed by atoms with Crippen LogP contribution < -0.4 is 0 Å². The van der Waals surface area contributed by atoms with E-state index < -0.39 is 45.3 Å².